The molecule has 0 aliphatic carbocycles. The molecule has 0 aromatic carbocycles. The summed E-state index contributed by atoms with van der Waals surface area (Å²) in [4.78, 5) is 15.7. The van der Waals surface area contributed by atoms with Crippen LogP contribution >= 0.6 is 11.3 Å². The number of hydrogen-bond acceptors (Lipinski definition) is 4. The van der Waals surface area contributed by atoms with E-state index in [1.165, 1.54) is 6.07 Å². The predicted molar refractivity (Wildman–Crippen MR) is 69.2 cm³/mol. The molecule has 2 rings (SSSR count). The number of aromatic nitrogens is 1. The van der Waals surface area contributed by atoms with Crippen molar-refractivity contribution in [3.8, 4) is 0 Å². The van der Waals surface area contributed by atoms with E-state index in [2.05, 4.69) is 15.6 Å². The van der Waals surface area contributed by atoms with Crippen LogP contribution in [0.25, 0.3) is 0 Å². The van der Waals surface area contributed by atoms with Crippen LogP contribution in [0.2, 0.25) is 0 Å². The Balaban J connectivity index is 2.10. The average Bonchev–Trinajstić information content (AvgIpc) is 2.89. The van der Waals surface area contributed by atoms with Gasteiger partial charge in [0.15, 0.2) is 0 Å². The minimum atomic E-state index is -0.533. The molecule has 0 fully saturated rings. The average molecular weight is 265 g/mol. The third kappa shape index (κ3) is 2.84. The molecule has 94 valence electrons. The fourth-order valence-corrected chi connectivity index (χ4v) is 2.15. The fraction of sp³-hybridized carbons (Fsp3) is 0.167. The summed E-state index contributed by atoms with van der Waals surface area (Å²) >= 11 is 1.56. The zero-order valence-corrected chi connectivity index (χ0v) is 10.6. The zero-order chi connectivity index (χ0) is 13.0. The summed E-state index contributed by atoms with van der Waals surface area (Å²) in [7, 11) is 1.63. The molecule has 0 atom stereocenters. The minimum absolute atomic E-state index is 0.202. The molecule has 0 unspecified atom stereocenters. The van der Waals surface area contributed by atoms with Crippen molar-refractivity contribution in [1.29, 1.82) is 0 Å². The molecule has 18 heavy (non-hydrogen) atoms. The largest absolute Gasteiger partial charge is 0.372 e. The lowest BCUT2D eigenvalue weighted by Gasteiger charge is -2.08. The maximum absolute atomic E-state index is 13.1. The summed E-state index contributed by atoms with van der Waals surface area (Å²) in [6.07, 6.45) is 1.07. The van der Waals surface area contributed by atoms with Crippen molar-refractivity contribution < 1.29 is 9.18 Å². The van der Waals surface area contributed by atoms with Gasteiger partial charge in [0.05, 0.1) is 11.8 Å². The van der Waals surface area contributed by atoms with Crippen LogP contribution < -0.4 is 10.6 Å². The number of rotatable bonds is 4. The van der Waals surface area contributed by atoms with Crippen molar-refractivity contribution in [1.82, 2.24) is 10.3 Å². The Kier molecular flexibility index (Phi) is 3.88. The number of carbonyl (C=O) groups excluding carboxylic acids is 1. The molecule has 0 saturated heterocycles. The van der Waals surface area contributed by atoms with Crippen LogP contribution in [0.15, 0.2) is 29.1 Å². The van der Waals surface area contributed by atoms with Crippen molar-refractivity contribution in [2.75, 3.05) is 12.4 Å². The van der Waals surface area contributed by atoms with Crippen molar-refractivity contribution in [2.45, 2.75) is 6.54 Å². The number of nitrogens with one attached hydrogen (secondary N) is 2. The number of nitrogens with zero attached hydrogens (tertiary/aromatic N) is 1. The summed E-state index contributed by atoms with van der Waals surface area (Å²) in [5.74, 6) is -0.522. The van der Waals surface area contributed by atoms with Crippen LogP contribution in [0.1, 0.15) is 15.9 Å². The minimum Gasteiger partial charge on any atom is -0.372 e. The van der Waals surface area contributed by atoms with Gasteiger partial charge in [0.2, 0.25) is 0 Å². The van der Waals surface area contributed by atoms with Crippen LogP contribution in [0.4, 0.5) is 10.2 Å². The molecule has 0 spiro atoms. The van der Waals surface area contributed by atoms with Crippen molar-refractivity contribution in [2.24, 2.45) is 0 Å². The molecule has 4 nitrogen and oxygen atoms in total. The Labute approximate surface area is 108 Å². The van der Waals surface area contributed by atoms with E-state index in [0.717, 1.165) is 11.8 Å². The first-order chi connectivity index (χ1) is 8.70. The maximum atomic E-state index is 13.1. The van der Waals surface area contributed by atoms with Gasteiger partial charge >= 0.3 is 0 Å². The van der Waals surface area contributed by atoms with Gasteiger partial charge in [-0.05, 0) is 28.5 Å². The molecule has 2 N–H and O–H groups in total. The molecule has 2 aromatic heterocycles. The molecular formula is C12H12FN3OS. The van der Waals surface area contributed by atoms with Gasteiger partial charge in [-0.15, -0.1) is 0 Å². The molecule has 0 saturated carbocycles. The molecule has 2 heterocycles. The number of anilines is 1. The predicted octanol–water partition coefficient (Wildman–Crippen LogP) is 2.25. The van der Waals surface area contributed by atoms with E-state index in [0.29, 0.717) is 12.4 Å². The number of carbonyl (C=O) groups is 1. The quantitative estimate of drug-likeness (QED) is 0.891. The highest BCUT2D eigenvalue weighted by molar-refractivity contribution is 7.07. The molecule has 0 aliphatic heterocycles. The second-order valence-corrected chi connectivity index (χ2v) is 4.39. The fourth-order valence-electron chi connectivity index (χ4n) is 1.48. The van der Waals surface area contributed by atoms with E-state index in [1.54, 1.807) is 18.4 Å². The Morgan fingerprint density at radius 1 is 1.56 bits per heavy atom. The van der Waals surface area contributed by atoms with Crippen molar-refractivity contribution in [3.63, 3.8) is 0 Å². The number of thiophene rings is 1. The molecule has 0 aliphatic rings. The van der Waals surface area contributed by atoms with Crippen LogP contribution in [-0.2, 0) is 6.54 Å². The van der Waals surface area contributed by atoms with E-state index in [-0.39, 0.29) is 11.5 Å². The van der Waals surface area contributed by atoms with E-state index in [9.17, 15) is 9.18 Å². The van der Waals surface area contributed by atoms with Crippen molar-refractivity contribution >= 4 is 23.1 Å². The van der Waals surface area contributed by atoms with Gasteiger partial charge in [-0.3, -0.25) is 4.79 Å². The number of pyridine rings is 1. The Morgan fingerprint density at radius 3 is 3.06 bits per heavy atom. The highest BCUT2D eigenvalue weighted by Gasteiger charge is 2.12. The first-order valence-electron chi connectivity index (χ1n) is 5.33. The molecule has 2 aromatic rings. The first kappa shape index (κ1) is 12.5. The second kappa shape index (κ2) is 5.59. The van der Waals surface area contributed by atoms with E-state index < -0.39 is 5.82 Å². The van der Waals surface area contributed by atoms with Gasteiger partial charge in [-0.2, -0.15) is 11.3 Å². The molecule has 1 amide bonds. The molecule has 6 heteroatoms. The first-order valence-corrected chi connectivity index (χ1v) is 6.27. The van der Waals surface area contributed by atoms with E-state index >= 15 is 0 Å². The lowest BCUT2D eigenvalue weighted by atomic mass is 10.2. The smallest absolute Gasteiger partial charge is 0.255 e. The van der Waals surface area contributed by atoms with Gasteiger partial charge in [0, 0.05) is 13.6 Å². The Morgan fingerprint density at radius 2 is 2.39 bits per heavy atom. The van der Waals surface area contributed by atoms with Gasteiger partial charge in [0.25, 0.3) is 5.91 Å². The summed E-state index contributed by atoms with van der Waals surface area (Å²) in [5.41, 5.74) is 1.22. The summed E-state index contributed by atoms with van der Waals surface area (Å²) < 4.78 is 13.1. The summed E-state index contributed by atoms with van der Waals surface area (Å²) in [6.45, 7) is 0.419. The second-order valence-electron chi connectivity index (χ2n) is 3.61. The lowest BCUT2D eigenvalue weighted by Crippen LogP contribution is -2.24. The van der Waals surface area contributed by atoms with Gasteiger partial charge in [-0.1, -0.05) is 0 Å². The van der Waals surface area contributed by atoms with Gasteiger partial charge in [-0.25, -0.2) is 9.37 Å². The SMILES string of the molecule is CNc1ncc(F)cc1C(=O)NCc1ccsc1. The van der Waals surface area contributed by atoms with Crippen LogP contribution in [0.3, 0.4) is 0 Å². The highest BCUT2D eigenvalue weighted by Crippen LogP contribution is 2.13. The maximum Gasteiger partial charge on any atom is 0.255 e. The Hall–Kier alpha value is -1.95. The number of hydrogen-bond donors (Lipinski definition) is 2. The number of halogens is 1. The van der Waals surface area contributed by atoms with Crippen LogP contribution in [-0.4, -0.2) is 17.9 Å². The van der Waals surface area contributed by atoms with Gasteiger partial charge in [0.1, 0.15) is 11.6 Å². The van der Waals surface area contributed by atoms with Crippen LogP contribution in [0.5, 0.6) is 0 Å². The third-order valence-electron chi connectivity index (χ3n) is 2.37. The Bertz CT molecular complexity index is 542. The normalized spacial score (nSPS) is 10.1. The summed E-state index contributed by atoms with van der Waals surface area (Å²) in [6, 6.07) is 3.09. The van der Waals surface area contributed by atoms with Crippen LogP contribution in [0, 0.1) is 5.82 Å². The summed E-state index contributed by atoms with van der Waals surface area (Å²) in [5, 5.41) is 9.37. The van der Waals surface area contributed by atoms with Crippen molar-refractivity contribution in [3.05, 3.63) is 46.0 Å². The third-order valence-corrected chi connectivity index (χ3v) is 3.10. The van der Waals surface area contributed by atoms with Gasteiger partial charge < -0.3 is 10.6 Å². The lowest BCUT2D eigenvalue weighted by molar-refractivity contribution is 0.0951. The molecular weight excluding hydrogens is 253 g/mol. The molecule has 0 bridgehead atoms. The van der Waals surface area contributed by atoms with E-state index in [4.69, 9.17) is 0 Å². The standard InChI is InChI=1S/C12H12FN3OS/c1-14-11-10(4-9(13)6-15-11)12(17)16-5-8-2-3-18-7-8/h2-4,6-7H,5H2,1H3,(H,14,15)(H,16,17). The zero-order valence-electron chi connectivity index (χ0n) is 9.74. The highest BCUT2D eigenvalue weighted by atomic mass is 32.1. The molecule has 0 radical (unpaired) electrons. The van der Waals surface area contributed by atoms with E-state index in [1.807, 2.05) is 16.8 Å². The number of amides is 1. The monoisotopic (exact) mass is 265 g/mol. The topological polar surface area (TPSA) is 54.0 Å².